The maximum atomic E-state index is 13.4. The van der Waals surface area contributed by atoms with Gasteiger partial charge in [-0.3, -0.25) is 4.90 Å². The maximum Gasteiger partial charge on any atom is 0.194 e. The van der Waals surface area contributed by atoms with Gasteiger partial charge in [-0.2, -0.15) is 0 Å². The highest BCUT2D eigenvalue weighted by molar-refractivity contribution is 5.23. The third-order valence-corrected chi connectivity index (χ3v) is 4.05. The summed E-state index contributed by atoms with van der Waals surface area (Å²) >= 11 is 0. The van der Waals surface area contributed by atoms with Crippen molar-refractivity contribution in [1.29, 1.82) is 0 Å². The fraction of sp³-hybridized carbons (Fsp3) is 0.571. The first kappa shape index (κ1) is 15.3. The van der Waals surface area contributed by atoms with Crippen LogP contribution in [0.4, 0.5) is 13.2 Å². The number of nitrogens with two attached hydrogens (primary N) is 1. The number of piperazine rings is 1. The average molecular weight is 287 g/mol. The molecule has 0 spiro atoms. The van der Waals surface area contributed by atoms with Gasteiger partial charge in [0, 0.05) is 38.3 Å². The Morgan fingerprint density at radius 3 is 2.35 bits per heavy atom. The molecule has 1 aromatic carbocycles. The first-order chi connectivity index (χ1) is 9.43. The summed E-state index contributed by atoms with van der Waals surface area (Å²) in [6.07, 6.45) is 0. The highest BCUT2D eigenvalue weighted by Crippen LogP contribution is 2.25. The molecule has 0 radical (unpaired) electrons. The van der Waals surface area contributed by atoms with Crippen molar-refractivity contribution >= 4 is 0 Å². The molecule has 1 heterocycles. The Balaban J connectivity index is 2.24. The molecular formula is C14H20F3N3. The van der Waals surface area contributed by atoms with Gasteiger partial charge in [-0.15, -0.1) is 0 Å². The minimum Gasteiger partial charge on any atom is -0.329 e. The number of hydrogen-bond donors (Lipinski definition) is 1. The smallest absolute Gasteiger partial charge is 0.194 e. The largest absolute Gasteiger partial charge is 0.329 e. The van der Waals surface area contributed by atoms with Gasteiger partial charge in [0.05, 0.1) is 0 Å². The highest BCUT2D eigenvalue weighted by atomic mass is 19.2. The number of halogens is 3. The van der Waals surface area contributed by atoms with E-state index >= 15 is 0 Å². The van der Waals surface area contributed by atoms with E-state index in [0.29, 0.717) is 11.6 Å². The van der Waals surface area contributed by atoms with Crippen molar-refractivity contribution in [3.05, 3.63) is 35.1 Å². The summed E-state index contributed by atoms with van der Waals surface area (Å²) < 4.78 is 39.8. The second kappa shape index (κ2) is 6.11. The Morgan fingerprint density at radius 1 is 1.25 bits per heavy atom. The molecule has 2 rings (SSSR count). The predicted molar refractivity (Wildman–Crippen MR) is 71.8 cm³/mol. The average Bonchev–Trinajstić information content (AvgIpc) is 2.41. The molecule has 1 aromatic rings. The van der Waals surface area contributed by atoms with Crippen LogP contribution in [-0.4, -0.2) is 49.1 Å². The molecule has 1 fully saturated rings. The second-order valence-corrected chi connectivity index (χ2v) is 5.37. The Kier molecular flexibility index (Phi) is 4.67. The first-order valence-electron chi connectivity index (χ1n) is 6.72. The van der Waals surface area contributed by atoms with E-state index in [0.717, 1.165) is 31.8 Å². The molecule has 2 unspecified atom stereocenters. The molecule has 112 valence electrons. The molecule has 1 saturated heterocycles. The fourth-order valence-electron chi connectivity index (χ4n) is 2.62. The fourth-order valence-corrected chi connectivity index (χ4v) is 2.62. The molecule has 3 nitrogen and oxygen atoms in total. The van der Waals surface area contributed by atoms with Gasteiger partial charge in [-0.1, -0.05) is 0 Å². The van der Waals surface area contributed by atoms with Gasteiger partial charge in [0.1, 0.15) is 0 Å². The van der Waals surface area contributed by atoms with Crippen LogP contribution in [0.1, 0.15) is 18.5 Å². The molecule has 1 aliphatic rings. The van der Waals surface area contributed by atoms with E-state index in [1.54, 1.807) is 0 Å². The summed E-state index contributed by atoms with van der Waals surface area (Å²) in [4.78, 5) is 4.31. The molecule has 0 aromatic heterocycles. The van der Waals surface area contributed by atoms with Crippen molar-refractivity contribution in [1.82, 2.24) is 9.80 Å². The van der Waals surface area contributed by atoms with Crippen LogP contribution in [0.15, 0.2) is 12.1 Å². The molecular weight excluding hydrogens is 267 g/mol. The van der Waals surface area contributed by atoms with Crippen molar-refractivity contribution in [2.24, 2.45) is 5.73 Å². The topological polar surface area (TPSA) is 32.5 Å². The lowest BCUT2D eigenvalue weighted by Gasteiger charge is -2.41. The summed E-state index contributed by atoms with van der Waals surface area (Å²) in [5, 5.41) is 0. The Hall–Kier alpha value is -1.11. The summed E-state index contributed by atoms with van der Waals surface area (Å²) in [5.74, 6) is -3.77. The number of nitrogens with zero attached hydrogens (tertiary/aromatic N) is 2. The van der Waals surface area contributed by atoms with E-state index in [1.807, 2.05) is 7.05 Å². The Labute approximate surface area is 117 Å². The van der Waals surface area contributed by atoms with E-state index < -0.39 is 17.5 Å². The van der Waals surface area contributed by atoms with Gasteiger partial charge >= 0.3 is 0 Å². The lowest BCUT2D eigenvalue weighted by atomic mass is 10.0. The minimum absolute atomic E-state index is 0.237. The van der Waals surface area contributed by atoms with Crippen LogP contribution in [0.3, 0.4) is 0 Å². The molecule has 20 heavy (non-hydrogen) atoms. The number of rotatable bonds is 3. The third-order valence-electron chi connectivity index (χ3n) is 4.05. The molecule has 0 bridgehead atoms. The van der Waals surface area contributed by atoms with Crippen LogP contribution in [0.2, 0.25) is 0 Å². The monoisotopic (exact) mass is 287 g/mol. The van der Waals surface area contributed by atoms with Crippen molar-refractivity contribution in [2.45, 2.75) is 19.0 Å². The zero-order valence-corrected chi connectivity index (χ0v) is 11.7. The molecule has 0 aliphatic carbocycles. The first-order valence-corrected chi connectivity index (χ1v) is 6.72. The summed E-state index contributed by atoms with van der Waals surface area (Å²) in [6.45, 7) is 4.72. The van der Waals surface area contributed by atoms with Crippen LogP contribution in [0.5, 0.6) is 0 Å². The molecule has 6 heteroatoms. The third kappa shape index (κ3) is 2.97. The van der Waals surface area contributed by atoms with Gasteiger partial charge in [-0.25, -0.2) is 13.2 Å². The molecule has 0 amide bonds. The standard InChI is InChI=1S/C14H20F3N3/c1-9-8-20(4-3-19(9)2)13(7-18)10-5-11(15)14(17)12(16)6-10/h5-6,9,13H,3-4,7-8,18H2,1-2H3. The van der Waals surface area contributed by atoms with Crippen molar-refractivity contribution in [3.63, 3.8) is 0 Å². The van der Waals surface area contributed by atoms with Crippen molar-refractivity contribution in [2.75, 3.05) is 33.2 Å². The van der Waals surface area contributed by atoms with Crippen LogP contribution in [0.25, 0.3) is 0 Å². The van der Waals surface area contributed by atoms with Crippen molar-refractivity contribution in [3.8, 4) is 0 Å². The normalized spacial score (nSPS) is 23.0. The molecule has 0 saturated carbocycles. The zero-order valence-electron chi connectivity index (χ0n) is 11.7. The zero-order chi connectivity index (χ0) is 14.9. The molecule has 2 N–H and O–H groups in total. The molecule has 1 aliphatic heterocycles. The van der Waals surface area contributed by atoms with Crippen LogP contribution >= 0.6 is 0 Å². The van der Waals surface area contributed by atoms with Gasteiger partial charge in [0.2, 0.25) is 0 Å². The van der Waals surface area contributed by atoms with Crippen LogP contribution in [-0.2, 0) is 0 Å². The summed E-state index contributed by atoms with van der Waals surface area (Å²) in [5.41, 5.74) is 6.15. The van der Waals surface area contributed by atoms with Gasteiger partial charge in [0.15, 0.2) is 17.5 Å². The quantitative estimate of drug-likeness (QED) is 0.860. The van der Waals surface area contributed by atoms with E-state index in [-0.39, 0.29) is 12.6 Å². The van der Waals surface area contributed by atoms with Crippen molar-refractivity contribution < 1.29 is 13.2 Å². The van der Waals surface area contributed by atoms with E-state index in [1.165, 1.54) is 0 Å². The maximum absolute atomic E-state index is 13.4. The predicted octanol–water partition coefficient (Wildman–Crippen LogP) is 1.74. The van der Waals surface area contributed by atoms with Gasteiger partial charge < -0.3 is 10.6 Å². The number of hydrogen-bond acceptors (Lipinski definition) is 3. The summed E-state index contributed by atoms with van der Waals surface area (Å²) in [6, 6.07) is 2.13. The van der Waals surface area contributed by atoms with Gasteiger partial charge in [0.25, 0.3) is 0 Å². The summed E-state index contributed by atoms with van der Waals surface area (Å²) in [7, 11) is 2.04. The van der Waals surface area contributed by atoms with E-state index in [4.69, 9.17) is 5.73 Å². The van der Waals surface area contributed by atoms with Crippen LogP contribution in [0, 0.1) is 17.5 Å². The highest BCUT2D eigenvalue weighted by Gasteiger charge is 2.28. The van der Waals surface area contributed by atoms with E-state index in [2.05, 4.69) is 16.7 Å². The lowest BCUT2D eigenvalue weighted by Crippen LogP contribution is -2.52. The number of benzene rings is 1. The van der Waals surface area contributed by atoms with Crippen LogP contribution < -0.4 is 5.73 Å². The lowest BCUT2D eigenvalue weighted by molar-refractivity contribution is 0.0738. The number of likely N-dealkylation sites (N-methyl/N-ethyl adjacent to an activating group) is 1. The minimum atomic E-state index is -1.43. The Bertz CT molecular complexity index is 458. The SMILES string of the molecule is CC1CN(C(CN)c2cc(F)c(F)c(F)c2)CCN1C. The second-order valence-electron chi connectivity index (χ2n) is 5.37. The van der Waals surface area contributed by atoms with E-state index in [9.17, 15) is 13.2 Å². The van der Waals surface area contributed by atoms with Gasteiger partial charge in [-0.05, 0) is 31.7 Å². The Morgan fingerprint density at radius 2 is 1.85 bits per heavy atom. The molecule has 2 atom stereocenters.